The average molecular weight is 270 g/mol. The van der Waals surface area contributed by atoms with Crippen molar-refractivity contribution in [3.8, 4) is 5.75 Å². The Morgan fingerprint density at radius 1 is 1.15 bits per heavy atom. The lowest BCUT2D eigenvalue weighted by Crippen LogP contribution is -2.28. The lowest BCUT2D eigenvalue weighted by Gasteiger charge is -2.32. The zero-order valence-electron chi connectivity index (χ0n) is 12.2. The van der Waals surface area contributed by atoms with Crippen LogP contribution in [0.15, 0.2) is 30.5 Å². The number of fused-ring (bicyclic) bond motifs is 1. The molecule has 0 amide bonds. The summed E-state index contributed by atoms with van der Waals surface area (Å²) < 4.78 is 6.25. The van der Waals surface area contributed by atoms with E-state index in [0.717, 1.165) is 41.3 Å². The molecule has 0 saturated heterocycles. The molecule has 106 valence electrons. The molecule has 1 fully saturated rings. The number of ether oxygens (including phenoxy) is 1. The molecule has 2 N–H and O–H groups in total. The van der Waals surface area contributed by atoms with Crippen molar-refractivity contribution in [2.45, 2.75) is 39.2 Å². The quantitative estimate of drug-likeness (QED) is 0.838. The van der Waals surface area contributed by atoms with Crippen LogP contribution >= 0.6 is 0 Å². The molecule has 3 nitrogen and oxygen atoms in total. The van der Waals surface area contributed by atoms with Gasteiger partial charge in [-0.15, -0.1) is 0 Å². The molecule has 0 radical (unpaired) electrons. The van der Waals surface area contributed by atoms with Gasteiger partial charge in [-0.2, -0.15) is 0 Å². The van der Waals surface area contributed by atoms with Crippen LogP contribution in [0.4, 0.5) is 5.69 Å². The normalized spacial score (nSPS) is 26.6. The van der Waals surface area contributed by atoms with Crippen molar-refractivity contribution in [2.24, 2.45) is 11.8 Å². The van der Waals surface area contributed by atoms with Gasteiger partial charge in [0.05, 0.1) is 17.3 Å². The minimum atomic E-state index is 0.313. The molecule has 1 aromatic heterocycles. The Labute approximate surface area is 120 Å². The van der Waals surface area contributed by atoms with E-state index in [-0.39, 0.29) is 0 Å². The summed E-state index contributed by atoms with van der Waals surface area (Å²) in [5, 5.41) is 1.01. The van der Waals surface area contributed by atoms with Gasteiger partial charge in [0, 0.05) is 11.6 Å². The molecule has 1 aliphatic rings. The molecule has 1 heterocycles. The lowest BCUT2D eigenvalue weighted by molar-refractivity contribution is 0.102. The van der Waals surface area contributed by atoms with Gasteiger partial charge < -0.3 is 10.5 Å². The van der Waals surface area contributed by atoms with Crippen molar-refractivity contribution in [3.63, 3.8) is 0 Å². The molecule has 3 heteroatoms. The third kappa shape index (κ3) is 2.45. The molecule has 2 aromatic rings. The maximum absolute atomic E-state index is 6.25. The Balaban J connectivity index is 1.86. The van der Waals surface area contributed by atoms with Gasteiger partial charge in [-0.3, -0.25) is 4.98 Å². The van der Waals surface area contributed by atoms with Crippen LogP contribution in [-0.2, 0) is 0 Å². The number of nitrogens with two attached hydrogens (primary N) is 1. The predicted octanol–water partition coefficient (Wildman–Crippen LogP) is 4.02. The van der Waals surface area contributed by atoms with E-state index in [2.05, 4.69) is 18.8 Å². The number of nitrogens with zero attached hydrogens (tertiary/aromatic N) is 1. The van der Waals surface area contributed by atoms with E-state index in [1.165, 1.54) is 6.42 Å². The zero-order chi connectivity index (χ0) is 14.1. The van der Waals surface area contributed by atoms with Crippen molar-refractivity contribution in [1.29, 1.82) is 0 Å². The topological polar surface area (TPSA) is 48.1 Å². The number of nitrogen functional groups attached to an aromatic ring is 1. The summed E-state index contributed by atoms with van der Waals surface area (Å²) in [6.07, 6.45) is 5.60. The Hall–Kier alpha value is -1.77. The van der Waals surface area contributed by atoms with Crippen molar-refractivity contribution in [1.82, 2.24) is 4.98 Å². The van der Waals surface area contributed by atoms with Gasteiger partial charge in [-0.05, 0) is 55.4 Å². The van der Waals surface area contributed by atoms with Crippen molar-refractivity contribution >= 4 is 16.6 Å². The number of rotatable bonds is 2. The highest BCUT2D eigenvalue weighted by Crippen LogP contribution is 2.34. The van der Waals surface area contributed by atoms with Crippen LogP contribution in [-0.4, -0.2) is 11.1 Å². The van der Waals surface area contributed by atoms with Crippen LogP contribution in [0.3, 0.4) is 0 Å². The van der Waals surface area contributed by atoms with Crippen molar-refractivity contribution in [2.75, 3.05) is 5.73 Å². The van der Waals surface area contributed by atoms with Gasteiger partial charge in [-0.25, -0.2) is 0 Å². The summed E-state index contributed by atoms with van der Waals surface area (Å²) in [4.78, 5) is 4.36. The number of aromatic nitrogens is 1. The predicted molar refractivity (Wildman–Crippen MR) is 82.8 cm³/mol. The third-order valence-electron chi connectivity index (χ3n) is 4.60. The number of benzene rings is 1. The van der Waals surface area contributed by atoms with Crippen LogP contribution in [0.25, 0.3) is 10.9 Å². The summed E-state index contributed by atoms with van der Waals surface area (Å²) in [6.45, 7) is 4.66. The molecular weight excluding hydrogens is 248 g/mol. The smallest absolute Gasteiger partial charge is 0.129 e. The standard InChI is InChI=1S/C17H22N2O/c1-11-5-6-13(10-12(11)2)20-16-8-7-15(18)17-14(16)4-3-9-19-17/h3-4,7-9,11-13H,5-6,10,18H2,1-2H3. The molecule has 3 unspecified atom stereocenters. The number of pyridine rings is 1. The fourth-order valence-corrected chi connectivity index (χ4v) is 3.06. The molecule has 3 rings (SSSR count). The molecular formula is C17H22N2O. The summed E-state index contributed by atoms with van der Waals surface area (Å²) >= 11 is 0. The Morgan fingerprint density at radius 2 is 2.00 bits per heavy atom. The number of anilines is 1. The van der Waals surface area contributed by atoms with Crippen molar-refractivity contribution in [3.05, 3.63) is 30.5 Å². The fourth-order valence-electron chi connectivity index (χ4n) is 3.06. The maximum Gasteiger partial charge on any atom is 0.129 e. The van der Waals surface area contributed by atoms with Crippen LogP contribution in [0.2, 0.25) is 0 Å². The number of hydrogen-bond acceptors (Lipinski definition) is 3. The van der Waals surface area contributed by atoms with E-state index >= 15 is 0 Å². The Kier molecular flexibility index (Phi) is 3.51. The van der Waals surface area contributed by atoms with Crippen LogP contribution < -0.4 is 10.5 Å². The van der Waals surface area contributed by atoms with E-state index < -0.39 is 0 Å². The van der Waals surface area contributed by atoms with E-state index in [4.69, 9.17) is 10.5 Å². The molecule has 0 aliphatic heterocycles. The van der Waals surface area contributed by atoms with Gasteiger partial charge in [0.25, 0.3) is 0 Å². The minimum absolute atomic E-state index is 0.313. The minimum Gasteiger partial charge on any atom is -0.490 e. The molecule has 0 bridgehead atoms. The summed E-state index contributed by atoms with van der Waals surface area (Å²) in [5.74, 6) is 2.45. The number of hydrogen-bond donors (Lipinski definition) is 1. The molecule has 1 saturated carbocycles. The van der Waals surface area contributed by atoms with E-state index in [1.807, 2.05) is 24.3 Å². The van der Waals surface area contributed by atoms with Gasteiger partial charge >= 0.3 is 0 Å². The first-order valence-electron chi connectivity index (χ1n) is 7.45. The second kappa shape index (κ2) is 5.31. The van der Waals surface area contributed by atoms with E-state index in [1.54, 1.807) is 6.20 Å². The molecule has 3 atom stereocenters. The Bertz CT molecular complexity index is 611. The third-order valence-corrected chi connectivity index (χ3v) is 4.60. The second-order valence-corrected chi connectivity index (χ2v) is 6.06. The van der Waals surface area contributed by atoms with E-state index in [0.29, 0.717) is 11.8 Å². The lowest BCUT2D eigenvalue weighted by atomic mass is 9.80. The van der Waals surface area contributed by atoms with E-state index in [9.17, 15) is 0 Å². The molecule has 20 heavy (non-hydrogen) atoms. The Morgan fingerprint density at radius 3 is 2.80 bits per heavy atom. The van der Waals surface area contributed by atoms with Gasteiger partial charge in [-0.1, -0.05) is 13.8 Å². The summed E-state index contributed by atoms with van der Waals surface area (Å²) in [5.41, 5.74) is 7.52. The SMILES string of the molecule is CC1CCC(Oc2ccc(N)c3ncccc23)CC1C. The first-order chi connectivity index (χ1) is 9.65. The van der Waals surface area contributed by atoms with Crippen molar-refractivity contribution < 1.29 is 4.74 Å². The molecule has 1 aliphatic carbocycles. The van der Waals surface area contributed by atoms with Gasteiger partial charge in [0.2, 0.25) is 0 Å². The van der Waals surface area contributed by atoms with Gasteiger partial charge in [0.15, 0.2) is 0 Å². The summed E-state index contributed by atoms with van der Waals surface area (Å²) in [6, 6.07) is 7.82. The zero-order valence-corrected chi connectivity index (χ0v) is 12.2. The van der Waals surface area contributed by atoms with Crippen LogP contribution in [0.5, 0.6) is 5.75 Å². The monoisotopic (exact) mass is 270 g/mol. The average Bonchev–Trinajstić information content (AvgIpc) is 2.46. The summed E-state index contributed by atoms with van der Waals surface area (Å²) in [7, 11) is 0. The van der Waals surface area contributed by atoms with Gasteiger partial charge in [0.1, 0.15) is 5.75 Å². The first kappa shape index (κ1) is 13.2. The highest BCUT2D eigenvalue weighted by molar-refractivity contribution is 5.93. The fraction of sp³-hybridized carbons (Fsp3) is 0.471. The van der Waals surface area contributed by atoms with Crippen LogP contribution in [0, 0.1) is 11.8 Å². The molecule has 0 spiro atoms. The highest BCUT2D eigenvalue weighted by atomic mass is 16.5. The second-order valence-electron chi connectivity index (χ2n) is 6.06. The highest BCUT2D eigenvalue weighted by Gasteiger charge is 2.26. The maximum atomic E-state index is 6.25. The molecule has 1 aromatic carbocycles. The van der Waals surface area contributed by atoms with Crippen LogP contribution in [0.1, 0.15) is 33.1 Å². The first-order valence-corrected chi connectivity index (χ1v) is 7.45. The largest absolute Gasteiger partial charge is 0.490 e.